The number of rotatable bonds is 6. The first-order valence-corrected chi connectivity index (χ1v) is 10.9. The molecule has 2 aromatic heterocycles. The lowest BCUT2D eigenvalue weighted by atomic mass is 9.89. The van der Waals surface area contributed by atoms with Gasteiger partial charge in [-0.1, -0.05) is 25.1 Å². The Morgan fingerprint density at radius 3 is 2.52 bits per heavy atom. The van der Waals surface area contributed by atoms with Gasteiger partial charge in [-0.25, -0.2) is 9.37 Å². The summed E-state index contributed by atoms with van der Waals surface area (Å²) in [7, 11) is 0. The van der Waals surface area contributed by atoms with Gasteiger partial charge in [0.15, 0.2) is 0 Å². The molecule has 1 atom stereocenters. The van der Waals surface area contributed by atoms with Crippen LogP contribution in [0.25, 0.3) is 33.2 Å². The van der Waals surface area contributed by atoms with Crippen molar-refractivity contribution in [1.29, 1.82) is 0 Å². The molecule has 0 aliphatic heterocycles. The summed E-state index contributed by atoms with van der Waals surface area (Å²) in [4.78, 5) is 21.6. The number of amides is 1. The van der Waals surface area contributed by atoms with Crippen LogP contribution in [0, 0.1) is 25.6 Å². The van der Waals surface area contributed by atoms with Crippen LogP contribution in [0.15, 0.2) is 60.9 Å². The molecule has 1 amide bonds. The van der Waals surface area contributed by atoms with E-state index in [4.69, 9.17) is 0 Å². The topological polar surface area (TPSA) is 75.1 Å². The van der Waals surface area contributed by atoms with Gasteiger partial charge in [0.1, 0.15) is 11.5 Å². The minimum atomic E-state index is -0.365. The highest BCUT2D eigenvalue weighted by Crippen LogP contribution is 2.38. The molecule has 0 unspecified atom stereocenters. The number of fused-ring (bicyclic) bond motifs is 1. The zero-order valence-corrected chi connectivity index (χ0v) is 18.9. The molecule has 0 spiro atoms. The zero-order chi connectivity index (χ0) is 23.5. The van der Waals surface area contributed by atoms with E-state index in [1.165, 1.54) is 6.07 Å². The standard InChI is InChI=1S/C27H26FN3O2/c1-16(15-32)14-30-27(33)24-13-21(20-6-4-5-7-22(20)28)26-18(3)25(17(2)12-23(26)31-24)19-8-10-29-11-9-19/h4-13,16,32H,14-15H2,1-3H3,(H,30,33)/t16-/m0/s1. The van der Waals surface area contributed by atoms with E-state index in [2.05, 4.69) is 15.3 Å². The Balaban J connectivity index is 1.97. The first-order chi connectivity index (χ1) is 15.9. The number of hydrogen-bond donors (Lipinski definition) is 2. The third-order valence-corrected chi connectivity index (χ3v) is 5.83. The van der Waals surface area contributed by atoms with Crippen LogP contribution in [-0.4, -0.2) is 34.1 Å². The predicted molar refractivity (Wildman–Crippen MR) is 128 cm³/mol. The van der Waals surface area contributed by atoms with Crippen LogP contribution in [0.3, 0.4) is 0 Å². The molecule has 4 aromatic rings. The van der Waals surface area contributed by atoms with Crippen LogP contribution in [-0.2, 0) is 0 Å². The van der Waals surface area contributed by atoms with Crippen LogP contribution < -0.4 is 5.32 Å². The summed E-state index contributed by atoms with van der Waals surface area (Å²) >= 11 is 0. The normalized spacial score (nSPS) is 12.0. The second kappa shape index (κ2) is 9.46. The zero-order valence-electron chi connectivity index (χ0n) is 18.9. The van der Waals surface area contributed by atoms with Crippen molar-refractivity contribution < 1.29 is 14.3 Å². The van der Waals surface area contributed by atoms with Crippen molar-refractivity contribution in [2.75, 3.05) is 13.2 Å². The highest BCUT2D eigenvalue weighted by molar-refractivity contribution is 6.05. The number of aliphatic hydroxyl groups is 1. The maximum absolute atomic E-state index is 14.9. The number of carbonyl (C=O) groups is 1. The first kappa shape index (κ1) is 22.6. The fourth-order valence-corrected chi connectivity index (χ4v) is 4.15. The Bertz CT molecular complexity index is 1320. The number of aromatic nitrogens is 2. The van der Waals surface area contributed by atoms with Gasteiger partial charge in [-0.05, 0) is 77.9 Å². The number of hydrogen-bond acceptors (Lipinski definition) is 4. The van der Waals surface area contributed by atoms with Crippen LogP contribution in [0.4, 0.5) is 4.39 Å². The molecule has 0 bridgehead atoms. The van der Waals surface area contributed by atoms with Gasteiger partial charge in [-0.3, -0.25) is 9.78 Å². The molecule has 5 nitrogen and oxygen atoms in total. The van der Waals surface area contributed by atoms with Crippen molar-refractivity contribution in [3.63, 3.8) is 0 Å². The maximum Gasteiger partial charge on any atom is 0.269 e. The van der Waals surface area contributed by atoms with E-state index >= 15 is 0 Å². The molecule has 0 saturated carbocycles. The van der Waals surface area contributed by atoms with E-state index in [1.807, 2.05) is 39.0 Å². The fraction of sp³-hybridized carbons (Fsp3) is 0.222. The lowest BCUT2D eigenvalue weighted by molar-refractivity contribution is 0.0937. The van der Waals surface area contributed by atoms with Gasteiger partial charge >= 0.3 is 0 Å². The van der Waals surface area contributed by atoms with E-state index in [9.17, 15) is 14.3 Å². The number of nitrogens with one attached hydrogen (secondary N) is 1. The quantitative estimate of drug-likeness (QED) is 0.436. The molecule has 0 aliphatic carbocycles. The van der Waals surface area contributed by atoms with E-state index in [0.717, 1.165) is 27.6 Å². The number of aryl methyl sites for hydroxylation is 2. The lowest BCUT2D eigenvalue weighted by Crippen LogP contribution is -2.30. The molecule has 0 radical (unpaired) electrons. The van der Waals surface area contributed by atoms with Crippen molar-refractivity contribution in [2.45, 2.75) is 20.8 Å². The van der Waals surface area contributed by atoms with Gasteiger partial charge in [0.2, 0.25) is 0 Å². The summed E-state index contributed by atoms with van der Waals surface area (Å²) in [6, 6.07) is 14.0. The third-order valence-electron chi connectivity index (χ3n) is 5.83. The molecule has 168 valence electrons. The van der Waals surface area contributed by atoms with Gasteiger partial charge in [-0.15, -0.1) is 0 Å². The molecule has 0 saturated heterocycles. The molecule has 2 N–H and O–H groups in total. The summed E-state index contributed by atoms with van der Waals surface area (Å²) in [5.41, 5.74) is 5.89. The number of halogens is 1. The fourth-order valence-electron chi connectivity index (χ4n) is 4.15. The van der Waals surface area contributed by atoms with Crippen molar-refractivity contribution in [3.05, 3.63) is 83.6 Å². The van der Waals surface area contributed by atoms with Crippen LogP contribution in [0.5, 0.6) is 0 Å². The van der Waals surface area contributed by atoms with Crippen molar-refractivity contribution in [3.8, 4) is 22.3 Å². The first-order valence-electron chi connectivity index (χ1n) is 10.9. The Morgan fingerprint density at radius 1 is 1.09 bits per heavy atom. The number of benzene rings is 2. The molecule has 6 heteroatoms. The predicted octanol–water partition coefficient (Wildman–Crippen LogP) is 5.08. The molecule has 33 heavy (non-hydrogen) atoms. The number of aliphatic hydroxyl groups excluding tert-OH is 1. The Labute approximate surface area is 192 Å². The van der Waals surface area contributed by atoms with Crippen LogP contribution in [0.2, 0.25) is 0 Å². The summed E-state index contributed by atoms with van der Waals surface area (Å²) in [5.74, 6) is -0.799. The molecule has 0 aliphatic rings. The van der Waals surface area contributed by atoms with E-state index in [-0.39, 0.29) is 29.9 Å². The van der Waals surface area contributed by atoms with Crippen LogP contribution >= 0.6 is 0 Å². The number of carbonyl (C=O) groups excluding carboxylic acids is 1. The third kappa shape index (κ3) is 4.47. The Hall–Kier alpha value is -3.64. The van der Waals surface area contributed by atoms with E-state index < -0.39 is 0 Å². The average molecular weight is 444 g/mol. The summed E-state index contributed by atoms with van der Waals surface area (Å²) in [5, 5.41) is 12.9. The highest BCUT2D eigenvalue weighted by atomic mass is 19.1. The molecule has 0 fully saturated rings. The Kier molecular flexibility index (Phi) is 6.47. The minimum Gasteiger partial charge on any atom is -0.396 e. The van der Waals surface area contributed by atoms with Gasteiger partial charge in [0.05, 0.1) is 5.52 Å². The average Bonchev–Trinajstić information content (AvgIpc) is 2.82. The molecular formula is C27H26FN3O2. The Morgan fingerprint density at radius 2 is 1.82 bits per heavy atom. The number of nitrogens with zero attached hydrogens (tertiary/aromatic N) is 2. The highest BCUT2D eigenvalue weighted by Gasteiger charge is 2.20. The monoisotopic (exact) mass is 443 g/mol. The largest absolute Gasteiger partial charge is 0.396 e. The molecule has 2 aromatic carbocycles. The summed E-state index contributed by atoms with van der Waals surface area (Å²) in [6.45, 7) is 6.14. The van der Waals surface area contributed by atoms with Crippen molar-refractivity contribution >= 4 is 16.8 Å². The summed E-state index contributed by atoms with van der Waals surface area (Å²) < 4.78 is 14.9. The van der Waals surface area contributed by atoms with Gasteiger partial charge < -0.3 is 10.4 Å². The van der Waals surface area contributed by atoms with Gasteiger partial charge in [0, 0.05) is 36.5 Å². The molecule has 4 rings (SSSR count). The van der Waals surface area contributed by atoms with Crippen molar-refractivity contribution in [1.82, 2.24) is 15.3 Å². The van der Waals surface area contributed by atoms with Gasteiger partial charge in [0.25, 0.3) is 5.91 Å². The minimum absolute atomic E-state index is 0.0257. The molecule has 2 heterocycles. The SMILES string of the molecule is Cc1cc2nc(C(=O)NC[C@H](C)CO)cc(-c3ccccc3F)c2c(C)c1-c1ccncc1. The summed E-state index contributed by atoms with van der Waals surface area (Å²) in [6.07, 6.45) is 3.49. The number of pyridine rings is 2. The van der Waals surface area contributed by atoms with E-state index in [0.29, 0.717) is 23.2 Å². The molecular weight excluding hydrogens is 417 g/mol. The lowest BCUT2D eigenvalue weighted by Gasteiger charge is -2.18. The second-order valence-electron chi connectivity index (χ2n) is 8.36. The van der Waals surface area contributed by atoms with E-state index in [1.54, 1.807) is 36.7 Å². The van der Waals surface area contributed by atoms with Gasteiger partial charge in [-0.2, -0.15) is 0 Å². The van der Waals surface area contributed by atoms with Crippen LogP contribution in [0.1, 0.15) is 28.5 Å². The van der Waals surface area contributed by atoms with Crippen molar-refractivity contribution in [2.24, 2.45) is 5.92 Å². The second-order valence-corrected chi connectivity index (χ2v) is 8.36. The smallest absolute Gasteiger partial charge is 0.269 e. The maximum atomic E-state index is 14.9.